The third-order valence-electron chi connectivity index (χ3n) is 3.75. The molecule has 3 rings (SSSR count). The lowest BCUT2D eigenvalue weighted by atomic mass is 10.2. The van der Waals surface area contributed by atoms with Crippen LogP contribution in [0.4, 0.5) is 0 Å². The van der Waals surface area contributed by atoms with Crippen LogP contribution < -0.4 is 0 Å². The Bertz CT molecular complexity index is 846. The van der Waals surface area contributed by atoms with E-state index in [-0.39, 0.29) is 5.69 Å². The number of carbonyl (C=O) groups excluding carboxylic acids is 1. The summed E-state index contributed by atoms with van der Waals surface area (Å²) in [7, 11) is 0. The van der Waals surface area contributed by atoms with Crippen molar-refractivity contribution in [2.45, 2.75) is 27.3 Å². The van der Waals surface area contributed by atoms with E-state index in [9.17, 15) is 4.79 Å². The summed E-state index contributed by atoms with van der Waals surface area (Å²) in [4.78, 5) is 16.4. The highest BCUT2D eigenvalue weighted by Crippen LogP contribution is 2.25. The summed E-state index contributed by atoms with van der Waals surface area (Å²) in [5.74, 6) is -0.424. The Morgan fingerprint density at radius 1 is 1.25 bits per heavy atom. The van der Waals surface area contributed by atoms with Gasteiger partial charge in [0.05, 0.1) is 24.2 Å². The van der Waals surface area contributed by atoms with E-state index in [1.54, 1.807) is 23.9 Å². The van der Waals surface area contributed by atoms with E-state index in [0.29, 0.717) is 6.61 Å². The van der Waals surface area contributed by atoms with Gasteiger partial charge in [-0.1, -0.05) is 0 Å². The molecule has 3 aromatic heterocycles. The number of rotatable bonds is 5. The van der Waals surface area contributed by atoms with Crippen LogP contribution in [0.15, 0.2) is 42.9 Å². The molecule has 0 saturated carbocycles. The Kier molecular flexibility index (Phi) is 4.46. The molecule has 0 aliphatic heterocycles. The summed E-state index contributed by atoms with van der Waals surface area (Å²) in [6.07, 6.45) is 5.78. The molecule has 0 N–H and O–H groups in total. The third kappa shape index (κ3) is 3.08. The number of aryl methyl sites for hydroxylation is 2. The number of hydrogen-bond acceptors (Lipinski definition) is 4. The van der Waals surface area contributed by atoms with Gasteiger partial charge in [-0.25, -0.2) is 9.48 Å². The maximum absolute atomic E-state index is 12.1. The van der Waals surface area contributed by atoms with Crippen molar-refractivity contribution in [2.24, 2.45) is 0 Å². The van der Waals surface area contributed by atoms with Gasteiger partial charge in [0.15, 0.2) is 5.69 Å². The topological polar surface area (TPSA) is 61.9 Å². The molecule has 0 aliphatic carbocycles. The zero-order valence-electron chi connectivity index (χ0n) is 14.1. The number of esters is 1. The number of nitrogens with zero attached hydrogens (tertiary/aromatic N) is 4. The van der Waals surface area contributed by atoms with Gasteiger partial charge in [0, 0.05) is 30.2 Å². The van der Waals surface area contributed by atoms with Crippen molar-refractivity contribution in [1.29, 1.82) is 0 Å². The Morgan fingerprint density at radius 3 is 2.71 bits per heavy atom. The van der Waals surface area contributed by atoms with Crippen LogP contribution in [0, 0.1) is 6.92 Å². The summed E-state index contributed by atoms with van der Waals surface area (Å²) in [6, 6.07) is 7.62. The van der Waals surface area contributed by atoms with Crippen LogP contribution in [0.1, 0.15) is 30.0 Å². The number of pyridine rings is 1. The monoisotopic (exact) mass is 324 g/mol. The van der Waals surface area contributed by atoms with E-state index in [1.807, 2.05) is 37.5 Å². The Labute approximate surface area is 140 Å². The maximum Gasteiger partial charge on any atom is 0.358 e. The summed E-state index contributed by atoms with van der Waals surface area (Å²) < 4.78 is 8.88. The predicted molar refractivity (Wildman–Crippen MR) is 91.2 cm³/mol. The average Bonchev–Trinajstić information content (AvgIpc) is 3.22. The fourth-order valence-electron chi connectivity index (χ4n) is 2.46. The standard InChI is InChI=1S/C18H20N4O2/c1-4-21-9-8-14(12-21)17-10-16(18(23)24-5-2)20-22(17)15-7-6-13(3)19-11-15/h6-12H,4-5H2,1-3H3. The first kappa shape index (κ1) is 16.0. The molecule has 6 nitrogen and oxygen atoms in total. The molecule has 3 heterocycles. The molecular weight excluding hydrogens is 304 g/mol. The molecule has 0 radical (unpaired) electrons. The van der Waals surface area contributed by atoms with Gasteiger partial charge >= 0.3 is 5.97 Å². The van der Waals surface area contributed by atoms with Crippen molar-refractivity contribution in [3.63, 3.8) is 0 Å². The zero-order chi connectivity index (χ0) is 17.1. The molecule has 0 aromatic carbocycles. The van der Waals surface area contributed by atoms with E-state index in [2.05, 4.69) is 21.6 Å². The van der Waals surface area contributed by atoms with E-state index in [1.165, 1.54) is 0 Å². The molecule has 24 heavy (non-hydrogen) atoms. The molecule has 124 valence electrons. The normalized spacial score (nSPS) is 10.8. The minimum atomic E-state index is -0.424. The third-order valence-corrected chi connectivity index (χ3v) is 3.75. The predicted octanol–water partition coefficient (Wildman–Crippen LogP) is 3.24. The molecule has 0 fully saturated rings. The van der Waals surface area contributed by atoms with Crippen LogP contribution in [-0.2, 0) is 11.3 Å². The van der Waals surface area contributed by atoms with Crippen LogP contribution in [0.2, 0.25) is 0 Å². The molecule has 0 spiro atoms. The van der Waals surface area contributed by atoms with Crippen LogP contribution in [-0.4, -0.2) is 31.9 Å². The van der Waals surface area contributed by atoms with E-state index in [4.69, 9.17) is 4.74 Å². The van der Waals surface area contributed by atoms with Crippen molar-refractivity contribution >= 4 is 5.97 Å². The van der Waals surface area contributed by atoms with Crippen molar-refractivity contribution in [3.8, 4) is 16.9 Å². The maximum atomic E-state index is 12.1. The lowest BCUT2D eigenvalue weighted by molar-refractivity contribution is 0.0519. The van der Waals surface area contributed by atoms with Gasteiger partial charge in [-0.2, -0.15) is 5.10 Å². The van der Waals surface area contributed by atoms with Crippen molar-refractivity contribution < 1.29 is 9.53 Å². The van der Waals surface area contributed by atoms with Gasteiger partial charge in [-0.3, -0.25) is 4.98 Å². The van der Waals surface area contributed by atoms with E-state index < -0.39 is 5.97 Å². The molecule has 0 bridgehead atoms. The number of hydrogen-bond donors (Lipinski definition) is 0. The molecule has 3 aromatic rings. The Morgan fingerprint density at radius 2 is 2.08 bits per heavy atom. The van der Waals surface area contributed by atoms with Gasteiger partial charge in [0.2, 0.25) is 0 Å². The quantitative estimate of drug-likeness (QED) is 0.676. The summed E-state index contributed by atoms with van der Waals surface area (Å²) in [6.45, 7) is 6.99. The first-order chi connectivity index (χ1) is 11.6. The molecule has 0 amide bonds. The molecule has 0 aliphatic rings. The van der Waals surface area contributed by atoms with Crippen molar-refractivity contribution in [2.75, 3.05) is 6.61 Å². The second-order valence-corrected chi connectivity index (χ2v) is 5.44. The number of aromatic nitrogens is 4. The highest BCUT2D eigenvalue weighted by molar-refractivity contribution is 5.89. The first-order valence-electron chi connectivity index (χ1n) is 7.98. The van der Waals surface area contributed by atoms with E-state index >= 15 is 0 Å². The van der Waals surface area contributed by atoms with Crippen molar-refractivity contribution in [3.05, 3.63) is 54.2 Å². The lowest BCUT2D eigenvalue weighted by Gasteiger charge is -2.06. The van der Waals surface area contributed by atoms with Gasteiger partial charge in [0.25, 0.3) is 0 Å². The second kappa shape index (κ2) is 6.70. The largest absolute Gasteiger partial charge is 0.461 e. The minimum Gasteiger partial charge on any atom is -0.461 e. The second-order valence-electron chi connectivity index (χ2n) is 5.44. The van der Waals surface area contributed by atoms with Gasteiger partial charge in [-0.15, -0.1) is 0 Å². The molecule has 0 saturated heterocycles. The van der Waals surface area contributed by atoms with Gasteiger partial charge in [-0.05, 0) is 45.0 Å². The van der Waals surface area contributed by atoms with Crippen molar-refractivity contribution in [1.82, 2.24) is 19.3 Å². The molecule has 6 heteroatoms. The molecular formula is C18H20N4O2. The first-order valence-corrected chi connectivity index (χ1v) is 7.98. The number of ether oxygens (including phenoxy) is 1. The summed E-state index contributed by atoms with van der Waals surface area (Å²) in [5.41, 5.74) is 3.83. The smallest absolute Gasteiger partial charge is 0.358 e. The van der Waals surface area contributed by atoms with Crippen LogP contribution >= 0.6 is 0 Å². The summed E-state index contributed by atoms with van der Waals surface area (Å²) in [5, 5.41) is 4.43. The SMILES string of the molecule is CCOC(=O)c1cc(-c2ccn(CC)c2)n(-c2ccc(C)nc2)n1. The fraction of sp³-hybridized carbons (Fsp3) is 0.278. The molecule has 0 atom stereocenters. The van der Waals surface area contributed by atoms with Crippen LogP contribution in [0.3, 0.4) is 0 Å². The van der Waals surface area contributed by atoms with E-state index in [0.717, 1.165) is 29.2 Å². The lowest BCUT2D eigenvalue weighted by Crippen LogP contribution is -2.07. The van der Waals surface area contributed by atoms with Crippen LogP contribution in [0.25, 0.3) is 16.9 Å². The summed E-state index contributed by atoms with van der Waals surface area (Å²) >= 11 is 0. The average molecular weight is 324 g/mol. The number of carbonyl (C=O) groups is 1. The van der Waals surface area contributed by atoms with Gasteiger partial charge < -0.3 is 9.30 Å². The highest BCUT2D eigenvalue weighted by Gasteiger charge is 2.18. The minimum absolute atomic E-state index is 0.289. The molecule has 0 unspecified atom stereocenters. The zero-order valence-corrected chi connectivity index (χ0v) is 14.1. The highest BCUT2D eigenvalue weighted by atomic mass is 16.5. The Balaban J connectivity index is 2.10. The van der Waals surface area contributed by atoms with Crippen LogP contribution in [0.5, 0.6) is 0 Å². The Hall–Kier alpha value is -2.89. The fourth-order valence-corrected chi connectivity index (χ4v) is 2.46. The van der Waals surface area contributed by atoms with Gasteiger partial charge in [0.1, 0.15) is 0 Å².